The molecule has 0 amide bonds. The van der Waals surface area contributed by atoms with Gasteiger partial charge in [-0.3, -0.25) is 0 Å². The quantitative estimate of drug-likeness (QED) is 0.756. The number of hydrogen-bond acceptors (Lipinski definition) is 2. The van der Waals surface area contributed by atoms with Crippen LogP contribution in [0.2, 0.25) is 0 Å². The lowest BCUT2D eigenvalue weighted by Gasteiger charge is -2.09. The fraction of sp³-hybridized carbons (Fsp3) is 0.176. The molecule has 1 atom stereocenters. The molecule has 0 saturated carbocycles. The lowest BCUT2D eigenvalue weighted by molar-refractivity contribution is 0.523. The first-order valence-electron chi connectivity index (χ1n) is 6.56. The molecule has 20 heavy (non-hydrogen) atoms. The molecule has 1 unspecified atom stereocenters. The van der Waals surface area contributed by atoms with Gasteiger partial charge < -0.3 is 10.2 Å². The van der Waals surface area contributed by atoms with Crippen molar-refractivity contribution >= 4 is 11.0 Å². The predicted molar refractivity (Wildman–Crippen MR) is 78.1 cm³/mol. The van der Waals surface area contributed by atoms with Crippen LogP contribution in [0.3, 0.4) is 0 Å². The number of aryl methyl sites for hydroxylation is 2. The van der Waals surface area contributed by atoms with Gasteiger partial charge in [-0.15, -0.1) is 0 Å². The average molecular weight is 269 g/mol. The first-order valence-corrected chi connectivity index (χ1v) is 6.56. The van der Waals surface area contributed by atoms with Crippen LogP contribution in [0.4, 0.5) is 4.39 Å². The van der Waals surface area contributed by atoms with Crippen LogP contribution < -0.4 is 5.73 Å². The number of hydrogen-bond donors (Lipinski definition) is 1. The van der Waals surface area contributed by atoms with Crippen LogP contribution in [-0.2, 0) is 0 Å². The van der Waals surface area contributed by atoms with E-state index in [4.69, 9.17) is 10.2 Å². The Balaban J connectivity index is 2.02. The zero-order valence-corrected chi connectivity index (χ0v) is 11.5. The van der Waals surface area contributed by atoms with Crippen molar-refractivity contribution in [2.24, 2.45) is 5.73 Å². The molecule has 3 aromatic rings. The van der Waals surface area contributed by atoms with Crippen molar-refractivity contribution in [2.75, 3.05) is 0 Å². The van der Waals surface area contributed by atoms with E-state index in [0.717, 1.165) is 11.0 Å². The molecule has 102 valence electrons. The van der Waals surface area contributed by atoms with Gasteiger partial charge in [0.15, 0.2) is 0 Å². The van der Waals surface area contributed by atoms with E-state index in [1.54, 1.807) is 13.0 Å². The minimum atomic E-state index is -0.460. The van der Waals surface area contributed by atoms with E-state index in [1.807, 2.05) is 37.3 Å². The summed E-state index contributed by atoms with van der Waals surface area (Å²) in [6.45, 7) is 3.76. The van der Waals surface area contributed by atoms with Gasteiger partial charge in [-0.05, 0) is 49.2 Å². The highest BCUT2D eigenvalue weighted by Gasteiger charge is 2.15. The Labute approximate surface area is 117 Å². The van der Waals surface area contributed by atoms with Crippen LogP contribution in [-0.4, -0.2) is 0 Å². The van der Waals surface area contributed by atoms with Gasteiger partial charge in [0.1, 0.15) is 17.2 Å². The molecule has 3 rings (SSSR count). The van der Waals surface area contributed by atoms with E-state index in [-0.39, 0.29) is 5.82 Å². The maximum atomic E-state index is 13.6. The molecule has 0 bridgehead atoms. The first-order chi connectivity index (χ1) is 9.54. The van der Waals surface area contributed by atoms with Crippen LogP contribution in [0.1, 0.15) is 28.5 Å². The third-order valence-corrected chi connectivity index (χ3v) is 3.55. The minimum Gasteiger partial charge on any atom is -0.459 e. The monoisotopic (exact) mass is 269 g/mol. The van der Waals surface area contributed by atoms with Crippen molar-refractivity contribution in [2.45, 2.75) is 19.9 Å². The second-order valence-electron chi connectivity index (χ2n) is 5.18. The summed E-state index contributed by atoms with van der Waals surface area (Å²) < 4.78 is 19.4. The normalized spacial score (nSPS) is 12.8. The Morgan fingerprint density at radius 2 is 1.85 bits per heavy atom. The summed E-state index contributed by atoms with van der Waals surface area (Å²) >= 11 is 0. The maximum absolute atomic E-state index is 13.6. The van der Waals surface area contributed by atoms with Crippen LogP contribution in [0.25, 0.3) is 11.0 Å². The lowest BCUT2D eigenvalue weighted by atomic mass is 10.0. The summed E-state index contributed by atoms with van der Waals surface area (Å²) in [5.41, 5.74) is 9.47. The number of rotatable bonds is 2. The minimum absolute atomic E-state index is 0.245. The van der Waals surface area contributed by atoms with E-state index in [1.165, 1.54) is 11.6 Å². The number of furan rings is 1. The molecule has 2 N–H and O–H groups in total. The zero-order valence-electron chi connectivity index (χ0n) is 11.5. The fourth-order valence-electron chi connectivity index (χ4n) is 2.30. The Bertz CT molecular complexity index is 776. The highest BCUT2D eigenvalue weighted by Crippen LogP contribution is 2.28. The summed E-state index contributed by atoms with van der Waals surface area (Å²) in [5.74, 6) is 0.402. The van der Waals surface area contributed by atoms with Gasteiger partial charge in [0.2, 0.25) is 0 Å². The molecule has 1 aromatic heterocycles. The Morgan fingerprint density at radius 1 is 1.05 bits per heavy atom. The van der Waals surface area contributed by atoms with E-state index in [0.29, 0.717) is 16.9 Å². The van der Waals surface area contributed by atoms with Crippen molar-refractivity contribution in [1.29, 1.82) is 0 Å². The largest absolute Gasteiger partial charge is 0.459 e. The fourth-order valence-corrected chi connectivity index (χ4v) is 2.30. The second kappa shape index (κ2) is 4.76. The number of benzene rings is 2. The lowest BCUT2D eigenvalue weighted by Crippen LogP contribution is -2.11. The summed E-state index contributed by atoms with van der Waals surface area (Å²) in [5, 5.41) is 1.02. The van der Waals surface area contributed by atoms with E-state index in [2.05, 4.69) is 0 Å². The van der Waals surface area contributed by atoms with Gasteiger partial charge in [0.05, 0.1) is 6.04 Å². The first kappa shape index (κ1) is 12.9. The maximum Gasteiger partial charge on any atom is 0.134 e. The van der Waals surface area contributed by atoms with Crippen LogP contribution in [0.5, 0.6) is 0 Å². The van der Waals surface area contributed by atoms with E-state index >= 15 is 0 Å². The molecule has 0 radical (unpaired) electrons. The van der Waals surface area contributed by atoms with Crippen LogP contribution in [0, 0.1) is 19.7 Å². The van der Waals surface area contributed by atoms with Crippen molar-refractivity contribution in [1.82, 2.24) is 0 Å². The van der Waals surface area contributed by atoms with E-state index in [9.17, 15) is 4.39 Å². The third-order valence-electron chi connectivity index (χ3n) is 3.55. The highest BCUT2D eigenvalue weighted by atomic mass is 19.1. The molecule has 0 fully saturated rings. The smallest absolute Gasteiger partial charge is 0.134 e. The SMILES string of the molecule is Cc1ccc2oc(C(N)c3ccc(C)c(F)c3)cc2c1. The Morgan fingerprint density at radius 3 is 2.60 bits per heavy atom. The standard InChI is InChI=1S/C17H16FNO/c1-10-3-6-15-13(7-10)9-16(20-15)17(19)12-5-4-11(2)14(18)8-12/h3-9,17H,19H2,1-2H3. The average Bonchev–Trinajstić information content (AvgIpc) is 2.84. The molecule has 0 aliphatic carbocycles. The van der Waals surface area contributed by atoms with Gasteiger partial charge in [-0.25, -0.2) is 4.39 Å². The summed E-state index contributed by atoms with van der Waals surface area (Å²) in [7, 11) is 0. The molecular formula is C17H16FNO. The number of fused-ring (bicyclic) bond motifs is 1. The number of halogens is 1. The molecule has 2 aromatic carbocycles. The Hall–Kier alpha value is -2.13. The second-order valence-corrected chi connectivity index (χ2v) is 5.18. The summed E-state index contributed by atoms with van der Waals surface area (Å²) in [4.78, 5) is 0. The van der Waals surface area contributed by atoms with Crippen molar-refractivity contribution in [3.05, 3.63) is 70.7 Å². The van der Waals surface area contributed by atoms with E-state index < -0.39 is 6.04 Å². The van der Waals surface area contributed by atoms with Gasteiger partial charge in [0.25, 0.3) is 0 Å². The molecule has 0 saturated heterocycles. The van der Waals surface area contributed by atoms with Crippen LogP contribution >= 0.6 is 0 Å². The van der Waals surface area contributed by atoms with Crippen molar-refractivity contribution < 1.29 is 8.81 Å². The molecule has 1 heterocycles. The van der Waals surface area contributed by atoms with Gasteiger partial charge in [-0.1, -0.05) is 23.8 Å². The van der Waals surface area contributed by atoms with Gasteiger partial charge in [0, 0.05) is 5.39 Å². The number of nitrogens with two attached hydrogens (primary N) is 1. The summed E-state index contributed by atoms with van der Waals surface area (Å²) in [6, 6.07) is 12.5. The van der Waals surface area contributed by atoms with Crippen LogP contribution in [0.15, 0.2) is 46.9 Å². The van der Waals surface area contributed by atoms with Gasteiger partial charge in [-0.2, -0.15) is 0 Å². The molecule has 3 heteroatoms. The predicted octanol–water partition coefficient (Wildman–Crippen LogP) is 4.24. The molecular weight excluding hydrogens is 253 g/mol. The van der Waals surface area contributed by atoms with Crippen molar-refractivity contribution in [3.8, 4) is 0 Å². The summed E-state index contributed by atoms with van der Waals surface area (Å²) in [6.07, 6.45) is 0. The highest BCUT2D eigenvalue weighted by molar-refractivity contribution is 5.78. The van der Waals surface area contributed by atoms with Crippen molar-refractivity contribution in [3.63, 3.8) is 0 Å². The third kappa shape index (κ3) is 2.21. The molecule has 2 nitrogen and oxygen atoms in total. The molecule has 0 aliphatic rings. The topological polar surface area (TPSA) is 39.2 Å². The zero-order chi connectivity index (χ0) is 14.3. The Kier molecular flexibility index (Phi) is 3.07. The molecule has 0 spiro atoms. The molecule has 0 aliphatic heterocycles. The van der Waals surface area contributed by atoms with Gasteiger partial charge >= 0.3 is 0 Å².